The summed E-state index contributed by atoms with van der Waals surface area (Å²) in [6.45, 7) is -1.34. The lowest BCUT2D eigenvalue weighted by atomic mass is 9.94. The summed E-state index contributed by atoms with van der Waals surface area (Å²) < 4.78 is 35.3. The lowest BCUT2D eigenvalue weighted by Gasteiger charge is -2.22. The van der Waals surface area contributed by atoms with Gasteiger partial charge in [-0.05, 0) is 12.8 Å². The molecule has 0 spiro atoms. The number of Topliss-reactive ketones (excluding diaryl/α,β-unsaturated/α-hetero) is 1. The third-order valence-corrected chi connectivity index (χ3v) is 2.33. The highest BCUT2D eigenvalue weighted by molar-refractivity contribution is 5.80. The van der Waals surface area contributed by atoms with Crippen LogP contribution in [0.2, 0.25) is 0 Å². The Morgan fingerprint density at radius 1 is 1.31 bits per heavy atom. The first-order chi connectivity index (χ1) is 7.37. The number of hydrogen-bond acceptors (Lipinski definition) is 2. The lowest BCUT2D eigenvalue weighted by molar-refractivity contribution is -0.122. The number of carbonyl (C=O) groups excluding carboxylic acids is 2. The lowest BCUT2D eigenvalue weighted by Crippen LogP contribution is -2.46. The molecule has 0 aromatic rings. The molecule has 2 N–H and O–H groups in total. The van der Waals surface area contributed by atoms with Crippen LogP contribution in [0.4, 0.5) is 18.0 Å². The summed E-state index contributed by atoms with van der Waals surface area (Å²) in [6, 6.07) is -1.04. The maximum atomic E-state index is 11.8. The van der Waals surface area contributed by atoms with Crippen LogP contribution in [0.25, 0.3) is 0 Å². The summed E-state index contributed by atoms with van der Waals surface area (Å²) in [5, 5.41) is 4.13. The molecule has 1 rings (SSSR count). The van der Waals surface area contributed by atoms with E-state index in [1.54, 1.807) is 5.32 Å². The summed E-state index contributed by atoms with van der Waals surface area (Å²) in [4.78, 5) is 21.9. The Bertz CT molecular complexity index is 268. The Labute approximate surface area is 90.6 Å². The summed E-state index contributed by atoms with van der Waals surface area (Å²) in [5.74, 6) is 0.133. The molecule has 0 saturated heterocycles. The summed E-state index contributed by atoms with van der Waals surface area (Å²) >= 11 is 0. The molecule has 0 radical (unpaired) electrons. The van der Waals surface area contributed by atoms with E-state index in [-0.39, 0.29) is 11.8 Å². The van der Waals surface area contributed by atoms with Crippen LogP contribution in [0.1, 0.15) is 25.7 Å². The summed E-state index contributed by atoms with van der Waals surface area (Å²) in [7, 11) is 0. The van der Waals surface area contributed by atoms with Gasteiger partial charge in [0.15, 0.2) is 0 Å². The molecule has 0 aromatic carbocycles. The van der Waals surface area contributed by atoms with Crippen molar-refractivity contribution in [3.05, 3.63) is 0 Å². The molecular formula is C9H13F3N2O2. The molecule has 0 aromatic heterocycles. The van der Waals surface area contributed by atoms with Crippen molar-refractivity contribution in [1.29, 1.82) is 0 Å². The molecule has 0 heterocycles. The first-order valence-electron chi connectivity index (χ1n) is 4.99. The van der Waals surface area contributed by atoms with Crippen LogP contribution in [0.15, 0.2) is 0 Å². The first kappa shape index (κ1) is 12.8. The second-order valence-corrected chi connectivity index (χ2v) is 3.76. The normalized spacial score (nSPS) is 18.3. The molecule has 1 saturated carbocycles. The smallest absolute Gasteiger partial charge is 0.335 e. The number of rotatable bonds is 2. The Morgan fingerprint density at radius 2 is 1.88 bits per heavy atom. The van der Waals surface area contributed by atoms with Gasteiger partial charge in [-0.3, -0.25) is 4.79 Å². The van der Waals surface area contributed by atoms with E-state index < -0.39 is 18.8 Å². The molecule has 1 fully saturated rings. The van der Waals surface area contributed by atoms with Gasteiger partial charge in [-0.15, -0.1) is 0 Å². The van der Waals surface area contributed by atoms with E-state index in [2.05, 4.69) is 5.32 Å². The average molecular weight is 238 g/mol. The van der Waals surface area contributed by atoms with Crippen LogP contribution in [-0.4, -0.2) is 30.6 Å². The average Bonchev–Trinajstić information content (AvgIpc) is 2.18. The molecular weight excluding hydrogens is 225 g/mol. The molecule has 0 aliphatic heterocycles. The topological polar surface area (TPSA) is 58.2 Å². The molecule has 1 aliphatic rings. The number of alkyl halides is 3. The van der Waals surface area contributed by atoms with Crippen molar-refractivity contribution in [2.24, 2.45) is 0 Å². The van der Waals surface area contributed by atoms with Crippen molar-refractivity contribution >= 4 is 11.8 Å². The Hall–Kier alpha value is -1.27. The molecule has 0 unspecified atom stereocenters. The monoisotopic (exact) mass is 238 g/mol. The number of nitrogens with one attached hydrogen (secondary N) is 2. The maximum absolute atomic E-state index is 11.8. The quantitative estimate of drug-likeness (QED) is 0.763. The highest BCUT2D eigenvalue weighted by Crippen LogP contribution is 2.15. The van der Waals surface area contributed by atoms with Crippen LogP contribution < -0.4 is 10.6 Å². The number of hydrogen-bond donors (Lipinski definition) is 2. The van der Waals surface area contributed by atoms with Gasteiger partial charge in [0, 0.05) is 18.9 Å². The zero-order chi connectivity index (χ0) is 12.2. The minimum Gasteiger partial charge on any atom is -0.335 e. The second-order valence-electron chi connectivity index (χ2n) is 3.76. The van der Waals surface area contributed by atoms with E-state index in [4.69, 9.17) is 0 Å². The van der Waals surface area contributed by atoms with Gasteiger partial charge < -0.3 is 10.6 Å². The standard InChI is InChI=1S/C9H13F3N2O2/c10-9(11,12)5-13-8(16)14-6-1-3-7(15)4-2-6/h6H,1-5H2,(H2,13,14,16). The Kier molecular flexibility index (Phi) is 4.14. The summed E-state index contributed by atoms with van der Waals surface area (Å²) in [6.07, 6.45) is -2.65. The molecule has 2 amide bonds. The van der Waals surface area contributed by atoms with E-state index in [0.717, 1.165) is 0 Å². The van der Waals surface area contributed by atoms with Crippen LogP contribution in [0.5, 0.6) is 0 Å². The molecule has 0 bridgehead atoms. The molecule has 7 heteroatoms. The van der Waals surface area contributed by atoms with E-state index in [1.165, 1.54) is 0 Å². The van der Waals surface area contributed by atoms with Gasteiger partial charge in [-0.25, -0.2) is 4.79 Å². The fraction of sp³-hybridized carbons (Fsp3) is 0.778. The predicted octanol–water partition coefficient (Wildman–Crippen LogP) is 1.36. The van der Waals surface area contributed by atoms with Crippen molar-refractivity contribution in [2.75, 3.05) is 6.54 Å². The van der Waals surface area contributed by atoms with Gasteiger partial charge in [0.1, 0.15) is 12.3 Å². The largest absolute Gasteiger partial charge is 0.405 e. The van der Waals surface area contributed by atoms with Crippen molar-refractivity contribution in [3.63, 3.8) is 0 Å². The van der Waals surface area contributed by atoms with Gasteiger partial charge in [-0.1, -0.05) is 0 Å². The minimum atomic E-state index is -4.40. The van der Waals surface area contributed by atoms with Crippen LogP contribution in [0, 0.1) is 0 Å². The van der Waals surface area contributed by atoms with Crippen molar-refractivity contribution < 1.29 is 22.8 Å². The number of urea groups is 1. The van der Waals surface area contributed by atoms with Gasteiger partial charge in [-0.2, -0.15) is 13.2 Å². The number of carbonyl (C=O) groups is 2. The van der Waals surface area contributed by atoms with E-state index in [9.17, 15) is 22.8 Å². The molecule has 92 valence electrons. The predicted molar refractivity (Wildman–Crippen MR) is 49.9 cm³/mol. The van der Waals surface area contributed by atoms with Crippen LogP contribution in [0.3, 0.4) is 0 Å². The number of halogens is 3. The van der Waals surface area contributed by atoms with Crippen LogP contribution in [-0.2, 0) is 4.79 Å². The third-order valence-electron chi connectivity index (χ3n) is 2.33. The summed E-state index contributed by atoms with van der Waals surface area (Å²) in [5.41, 5.74) is 0. The zero-order valence-electron chi connectivity index (χ0n) is 8.56. The fourth-order valence-electron chi connectivity index (χ4n) is 1.50. The number of amides is 2. The fourth-order valence-corrected chi connectivity index (χ4v) is 1.50. The van der Waals surface area contributed by atoms with Crippen molar-refractivity contribution in [1.82, 2.24) is 10.6 Å². The van der Waals surface area contributed by atoms with Gasteiger partial charge in [0.2, 0.25) is 0 Å². The first-order valence-corrected chi connectivity index (χ1v) is 4.99. The van der Waals surface area contributed by atoms with Crippen LogP contribution >= 0.6 is 0 Å². The van der Waals surface area contributed by atoms with Gasteiger partial charge >= 0.3 is 12.2 Å². The second kappa shape index (κ2) is 5.18. The molecule has 1 aliphatic carbocycles. The van der Waals surface area contributed by atoms with E-state index >= 15 is 0 Å². The minimum absolute atomic E-state index is 0.133. The zero-order valence-corrected chi connectivity index (χ0v) is 8.56. The Morgan fingerprint density at radius 3 is 2.38 bits per heavy atom. The Balaban J connectivity index is 2.22. The SMILES string of the molecule is O=C1CCC(NC(=O)NCC(F)(F)F)CC1. The molecule has 4 nitrogen and oxygen atoms in total. The highest BCUT2D eigenvalue weighted by Gasteiger charge is 2.28. The van der Waals surface area contributed by atoms with Gasteiger partial charge in [0.25, 0.3) is 0 Å². The van der Waals surface area contributed by atoms with Crippen molar-refractivity contribution in [3.8, 4) is 0 Å². The van der Waals surface area contributed by atoms with E-state index in [0.29, 0.717) is 25.7 Å². The maximum Gasteiger partial charge on any atom is 0.405 e. The third kappa shape index (κ3) is 4.99. The van der Waals surface area contributed by atoms with Gasteiger partial charge in [0.05, 0.1) is 0 Å². The number of ketones is 1. The highest BCUT2D eigenvalue weighted by atomic mass is 19.4. The molecule has 16 heavy (non-hydrogen) atoms. The van der Waals surface area contributed by atoms with Crippen molar-refractivity contribution in [2.45, 2.75) is 37.9 Å². The molecule has 0 atom stereocenters. The van der Waals surface area contributed by atoms with E-state index in [1.807, 2.05) is 0 Å².